The average molecular weight is 340 g/mol. The van der Waals surface area contributed by atoms with Crippen LogP contribution in [0.2, 0.25) is 0 Å². The third kappa shape index (κ3) is 2.88. The largest absolute Gasteiger partial charge is 0.486 e. The van der Waals surface area contributed by atoms with Crippen molar-refractivity contribution < 1.29 is 22.7 Å². The van der Waals surface area contributed by atoms with E-state index in [-0.39, 0.29) is 10.8 Å². The molecule has 0 radical (unpaired) electrons. The summed E-state index contributed by atoms with van der Waals surface area (Å²) >= 11 is 0. The molecule has 3 rings (SSSR count). The molecule has 2 heterocycles. The van der Waals surface area contributed by atoms with Crippen molar-refractivity contribution in [2.24, 2.45) is 0 Å². The van der Waals surface area contributed by atoms with E-state index in [9.17, 15) is 13.2 Å². The van der Waals surface area contributed by atoms with Gasteiger partial charge in [0, 0.05) is 26.7 Å². The third-order valence-electron chi connectivity index (χ3n) is 4.05. The maximum absolute atomic E-state index is 12.9. The molecule has 1 fully saturated rings. The molecule has 0 aliphatic carbocycles. The van der Waals surface area contributed by atoms with Crippen molar-refractivity contribution in [2.45, 2.75) is 23.8 Å². The van der Waals surface area contributed by atoms with Crippen molar-refractivity contribution >= 4 is 15.9 Å². The van der Waals surface area contributed by atoms with Crippen LogP contribution in [0.25, 0.3) is 0 Å². The maximum atomic E-state index is 12.9. The Bertz CT molecular complexity index is 717. The molecule has 1 amide bonds. The Hall–Kier alpha value is -1.80. The van der Waals surface area contributed by atoms with E-state index in [1.807, 2.05) is 0 Å². The molecule has 1 atom stereocenters. The van der Waals surface area contributed by atoms with Crippen LogP contribution >= 0.6 is 0 Å². The van der Waals surface area contributed by atoms with E-state index in [2.05, 4.69) is 0 Å². The predicted octanol–water partition coefficient (Wildman–Crippen LogP) is 0.699. The highest BCUT2D eigenvalue weighted by molar-refractivity contribution is 7.89. The fourth-order valence-electron chi connectivity index (χ4n) is 2.89. The van der Waals surface area contributed by atoms with Crippen LogP contribution in [-0.4, -0.2) is 63.4 Å². The average Bonchev–Trinajstić information content (AvgIpc) is 3.03. The molecule has 1 unspecified atom stereocenters. The minimum Gasteiger partial charge on any atom is -0.486 e. The number of ether oxygens (including phenoxy) is 2. The fourth-order valence-corrected chi connectivity index (χ4v) is 4.56. The summed E-state index contributed by atoms with van der Waals surface area (Å²) in [4.78, 5) is 13.8. The van der Waals surface area contributed by atoms with Gasteiger partial charge in [0.15, 0.2) is 11.5 Å². The Morgan fingerprint density at radius 1 is 1.22 bits per heavy atom. The van der Waals surface area contributed by atoms with Gasteiger partial charge in [0.1, 0.15) is 19.3 Å². The van der Waals surface area contributed by atoms with Gasteiger partial charge in [0.25, 0.3) is 0 Å². The molecule has 8 heteroatoms. The standard InChI is InChI=1S/C15H20N2O5S/c1-16(2)15(18)12-4-3-7-17(12)23(19,20)11-5-6-13-14(10-11)22-9-8-21-13/h5-6,10,12H,3-4,7-9H2,1-2H3. The number of fused-ring (bicyclic) bond motifs is 1. The van der Waals surface area contributed by atoms with Crippen LogP contribution in [0.4, 0.5) is 0 Å². The summed E-state index contributed by atoms with van der Waals surface area (Å²) in [5, 5.41) is 0. The first-order valence-electron chi connectivity index (χ1n) is 7.54. The van der Waals surface area contributed by atoms with Crippen LogP contribution < -0.4 is 9.47 Å². The van der Waals surface area contributed by atoms with Crippen molar-refractivity contribution in [1.82, 2.24) is 9.21 Å². The first kappa shape index (κ1) is 16.1. The fraction of sp³-hybridized carbons (Fsp3) is 0.533. The topological polar surface area (TPSA) is 76.2 Å². The number of rotatable bonds is 3. The van der Waals surface area contributed by atoms with Gasteiger partial charge in [-0.2, -0.15) is 4.31 Å². The second-order valence-electron chi connectivity index (χ2n) is 5.81. The minimum atomic E-state index is -3.75. The van der Waals surface area contributed by atoms with E-state index in [1.54, 1.807) is 20.2 Å². The van der Waals surface area contributed by atoms with Gasteiger partial charge < -0.3 is 14.4 Å². The summed E-state index contributed by atoms with van der Waals surface area (Å²) in [6.07, 6.45) is 1.22. The molecule has 0 saturated carbocycles. The Labute approximate surface area is 135 Å². The Balaban J connectivity index is 1.93. The van der Waals surface area contributed by atoms with Crippen LogP contribution in [0.1, 0.15) is 12.8 Å². The zero-order chi connectivity index (χ0) is 16.6. The quantitative estimate of drug-likeness (QED) is 0.809. The van der Waals surface area contributed by atoms with Gasteiger partial charge in [-0.25, -0.2) is 8.42 Å². The van der Waals surface area contributed by atoms with Crippen molar-refractivity contribution in [2.75, 3.05) is 33.9 Å². The molecule has 23 heavy (non-hydrogen) atoms. The molecule has 0 aromatic heterocycles. The summed E-state index contributed by atoms with van der Waals surface area (Å²) in [5.74, 6) is 0.771. The number of carbonyl (C=O) groups is 1. The molecule has 0 N–H and O–H groups in total. The Morgan fingerprint density at radius 2 is 1.91 bits per heavy atom. The highest BCUT2D eigenvalue weighted by Gasteiger charge is 2.40. The minimum absolute atomic E-state index is 0.125. The summed E-state index contributed by atoms with van der Waals surface area (Å²) in [6, 6.07) is 3.93. The number of hydrogen-bond acceptors (Lipinski definition) is 5. The van der Waals surface area contributed by atoms with Crippen molar-refractivity contribution in [1.29, 1.82) is 0 Å². The summed E-state index contributed by atoms with van der Waals surface area (Å²) in [7, 11) is -0.481. The zero-order valence-corrected chi connectivity index (χ0v) is 14.0. The molecular formula is C15H20N2O5S. The number of sulfonamides is 1. The monoisotopic (exact) mass is 340 g/mol. The van der Waals surface area contributed by atoms with Gasteiger partial charge >= 0.3 is 0 Å². The summed E-state index contributed by atoms with van der Waals surface area (Å²) < 4.78 is 38.0. The molecule has 0 bridgehead atoms. The lowest BCUT2D eigenvalue weighted by Gasteiger charge is -2.26. The number of carbonyl (C=O) groups excluding carboxylic acids is 1. The SMILES string of the molecule is CN(C)C(=O)C1CCCN1S(=O)(=O)c1ccc2c(c1)OCCO2. The van der Waals surface area contributed by atoms with Gasteiger partial charge in [-0.1, -0.05) is 0 Å². The normalized spacial score (nSPS) is 21.2. The lowest BCUT2D eigenvalue weighted by Crippen LogP contribution is -2.45. The van der Waals surface area contributed by atoms with Gasteiger partial charge in [0.05, 0.1) is 4.90 Å². The van der Waals surface area contributed by atoms with Crippen LogP contribution in [0.3, 0.4) is 0 Å². The van der Waals surface area contributed by atoms with Crippen LogP contribution in [0, 0.1) is 0 Å². The second-order valence-corrected chi connectivity index (χ2v) is 7.70. The number of hydrogen-bond donors (Lipinski definition) is 0. The van der Waals surface area contributed by atoms with Crippen molar-refractivity contribution in [3.63, 3.8) is 0 Å². The van der Waals surface area contributed by atoms with Crippen LogP contribution in [0.15, 0.2) is 23.1 Å². The third-order valence-corrected chi connectivity index (χ3v) is 5.95. The maximum Gasteiger partial charge on any atom is 0.243 e. The van der Waals surface area contributed by atoms with Crippen LogP contribution in [-0.2, 0) is 14.8 Å². The molecule has 0 spiro atoms. The highest BCUT2D eigenvalue weighted by Crippen LogP contribution is 2.34. The van der Waals surface area contributed by atoms with E-state index < -0.39 is 16.1 Å². The molecular weight excluding hydrogens is 320 g/mol. The van der Waals surface area contributed by atoms with E-state index in [1.165, 1.54) is 21.3 Å². The van der Waals surface area contributed by atoms with E-state index >= 15 is 0 Å². The summed E-state index contributed by atoms with van der Waals surface area (Å²) in [6.45, 7) is 1.19. The lowest BCUT2D eigenvalue weighted by molar-refractivity contribution is -0.132. The van der Waals surface area contributed by atoms with Crippen LogP contribution in [0.5, 0.6) is 11.5 Å². The highest BCUT2D eigenvalue weighted by atomic mass is 32.2. The van der Waals surface area contributed by atoms with Gasteiger partial charge in [-0.3, -0.25) is 4.79 Å². The first-order valence-corrected chi connectivity index (χ1v) is 8.98. The Kier molecular flexibility index (Phi) is 4.20. The number of nitrogens with zero attached hydrogens (tertiary/aromatic N) is 2. The molecule has 2 aliphatic heterocycles. The van der Waals surface area contributed by atoms with E-state index in [0.717, 1.165) is 0 Å². The molecule has 7 nitrogen and oxygen atoms in total. The predicted molar refractivity (Wildman–Crippen MR) is 83.0 cm³/mol. The number of benzene rings is 1. The first-order chi connectivity index (χ1) is 10.9. The number of amides is 1. The smallest absolute Gasteiger partial charge is 0.243 e. The van der Waals surface area contributed by atoms with Gasteiger partial charge in [-0.15, -0.1) is 0 Å². The molecule has 1 saturated heterocycles. The van der Waals surface area contributed by atoms with Gasteiger partial charge in [0.2, 0.25) is 15.9 Å². The molecule has 126 valence electrons. The van der Waals surface area contributed by atoms with Crippen molar-refractivity contribution in [3.05, 3.63) is 18.2 Å². The lowest BCUT2D eigenvalue weighted by atomic mass is 10.2. The van der Waals surface area contributed by atoms with Gasteiger partial charge in [-0.05, 0) is 25.0 Å². The Morgan fingerprint density at radius 3 is 2.61 bits per heavy atom. The van der Waals surface area contributed by atoms with E-state index in [0.29, 0.717) is 44.1 Å². The second kappa shape index (κ2) is 6.01. The summed E-state index contributed by atoms with van der Waals surface area (Å²) in [5.41, 5.74) is 0. The van der Waals surface area contributed by atoms with E-state index in [4.69, 9.17) is 9.47 Å². The van der Waals surface area contributed by atoms with Crippen molar-refractivity contribution in [3.8, 4) is 11.5 Å². The number of likely N-dealkylation sites (N-methyl/N-ethyl adjacent to an activating group) is 1. The molecule has 1 aromatic carbocycles. The molecule has 2 aliphatic rings. The molecule has 1 aromatic rings. The zero-order valence-electron chi connectivity index (χ0n) is 13.2.